The summed E-state index contributed by atoms with van der Waals surface area (Å²) in [5.41, 5.74) is 0. The molecule has 17 heavy (non-hydrogen) atoms. The third-order valence-electron chi connectivity index (χ3n) is 2.71. The van der Waals surface area contributed by atoms with Gasteiger partial charge in [0.05, 0.1) is 6.07 Å². The standard InChI is InChI=1S/C13H23NO3/c1-2-3-4-5-6-9-12(17-13(15)16)10-7-8-11-14/h12H,2-10H2,1H3,(H,15,16). The van der Waals surface area contributed by atoms with E-state index in [1.165, 1.54) is 19.3 Å². The molecule has 0 aliphatic rings. The number of hydrogen-bond acceptors (Lipinski definition) is 3. The van der Waals surface area contributed by atoms with Crippen LogP contribution in [0.1, 0.15) is 64.7 Å². The molecule has 0 aliphatic carbocycles. The minimum atomic E-state index is -1.21. The summed E-state index contributed by atoms with van der Waals surface area (Å²) in [6, 6.07) is 2.06. The van der Waals surface area contributed by atoms with E-state index < -0.39 is 6.16 Å². The Kier molecular flexibility index (Phi) is 10.4. The van der Waals surface area contributed by atoms with Gasteiger partial charge in [-0.1, -0.05) is 32.6 Å². The fourth-order valence-electron chi connectivity index (χ4n) is 1.79. The minimum absolute atomic E-state index is 0.234. The Balaban J connectivity index is 3.69. The van der Waals surface area contributed by atoms with Gasteiger partial charge in [0.25, 0.3) is 0 Å². The maximum atomic E-state index is 10.5. The summed E-state index contributed by atoms with van der Waals surface area (Å²) in [5, 5.41) is 17.0. The van der Waals surface area contributed by atoms with Gasteiger partial charge in [0.15, 0.2) is 0 Å². The summed E-state index contributed by atoms with van der Waals surface area (Å²) in [6.07, 6.45) is 6.96. The summed E-state index contributed by atoms with van der Waals surface area (Å²) < 4.78 is 4.81. The van der Waals surface area contributed by atoms with Gasteiger partial charge in [0, 0.05) is 6.42 Å². The van der Waals surface area contributed by atoms with Crippen LogP contribution in [-0.4, -0.2) is 17.4 Å². The first-order valence-corrected chi connectivity index (χ1v) is 6.47. The van der Waals surface area contributed by atoms with E-state index in [1.54, 1.807) is 0 Å². The first-order chi connectivity index (χ1) is 8.20. The fraction of sp³-hybridized carbons (Fsp3) is 0.846. The first-order valence-electron chi connectivity index (χ1n) is 6.47. The lowest BCUT2D eigenvalue weighted by Gasteiger charge is -2.15. The Hall–Kier alpha value is -1.24. The highest BCUT2D eigenvalue weighted by Crippen LogP contribution is 2.14. The molecule has 0 saturated heterocycles. The number of unbranched alkanes of at least 4 members (excludes halogenated alkanes) is 5. The molecule has 0 aromatic rings. The second-order valence-corrected chi connectivity index (χ2v) is 4.26. The van der Waals surface area contributed by atoms with Crippen LogP contribution in [0.2, 0.25) is 0 Å². The van der Waals surface area contributed by atoms with Crippen LogP contribution >= 0.6 is 0 Å². The number of nitriles is 1. The van der Waals surface area contributed by atoms with Gasteiger partial charge in [-0.15, -0.1) is 0 Å². The van der Waals surface area contributed by atoms with Crippen LogP contribution in [0.25, 0.3) is 0 Å². The van der Waals surface area contributed by atoms with E-state index in [1.807, 2.05) is 0 Å². The van der Waals surface area contributed by atoms with E-state index in [4.69, 9.17) is 15.1 Å². The Morgan fingerprint density at radius 3 is 2.47 bits per heavy atom. The molecule has 0 bridgehead atoms. The van der Waals surface area contributed by atoms with Crippen molar-refractivity contribution in [3.05, 3.63) is 0 Å². The molecule has 1 unspecified atom stereocenters. The second kappa shape index (κ2) is 11.3. The van der Waals surface area contributed by atoms with E-state index in [-0.39, 0.29) is 6.10 Å². The molecular formula is C13H23NO3. The maximum Gasteiger partial charge on any atom is 0.506 e. The molecule has 0 heterocycles. The Morgan fingerprint density at radius 2 is 1.88 bits per heavy atom. The summed E-state index contributed by atoms with van der Waals surface area (Å²) in [6.45, 7) is 2.16. The monoisotopic (exact) mass is 241 g/mol. The number of ether oxygens (including phenoxy) is 1. The van der Waals surface area contributed by atoms with Gasteiger partial charge in [-0.25, -0.2) is 4.79 Å². The number of rotatable bonds is 10. The predicted octanol–water partition coefficient (Wildman–Crippen LogP) is 4.10. The largest absolute Gasteiger partial charge is 0.506 e. The number of carbonyl (C=O) groups is 1. The van der Waals surface area contributed by atoms with Crippen molar-refractivity contribution in [2.75, 3.05) is 0 Å². The van der Waals surface area contributed by atoms with Crippen molar-refractivity contribution in [3.63, 3.8) is 0 Å². The van der Waals surface area contributed by atoms with Gasteiger partial charge in [-0.2, -0.15) is 5.26 Å². The lowest BCUT2D eigenvalue weighted by molar-refractivity contribution is 0.0427. The fourth-order valence-corrected chi connectivity index (χ4v) is 1.79. The van der Waals surface area contributed by atoms with Gasteiger partial charge in [-0.05, 0) is 25.7 Å². The summed E-state index contributed by atoms with van der Waals surface area (Å²) in [7, 11) is 0. The van der Waals surface area contributed by atoms with E-state index >= 15 is 0 Å². The molecule has 4 heteroatoms. The van der Waals surface area contributed by atoms with Gasteiger partial charge < -0.3 is 9.84 Å². The molecule has 0 aliphatic heterocycles. The normalized spacial score (nSPS) is 11.8. The van der Waals surface area contributed by atoms with Crippen LogP contribution in [0.4, 0.5) is 4.79 Å². The van der Waals surface area contributed by atoms with E-state index in [2.05, 4.69) is 13.0 Å². The summed E-state index contributed by atoms with van der Waals surface area (Å²) in [5.74, 6) is 0. The molecular weight excluding hydrogens is 218 g/mol. The van der Waals surface area contributed by atoms with Crippen molar-refractivity contribution in [2.24, 2.45) is 0 Å². The Labute approximate surface area is 104 Å². The van der Waals surface area contributed by atoms with Crippen LogP contribution < -0.4 is 0 Å². The van der Waals surface area contributed by atoms with Crippen molar-refractivity contribution in [3.8, 4) is 6.07 Å². The van der Waals surface area contributed by atoms with E-state index in [0.717, 1.165) is 19.3 Å². The van der Waals surface area contributed by atoms with Crippen molar-refractivity contribution >= 4 is 6.16 Å². The molecule has 0 radical (unpaired) electrons. The average Bonchev–Trinajstić information content (AvgIpc) is 2.28. The lowest BCUT2D eigenvalue weighted by atomic mass is 10.0. The zero-order valence-corrected chi connectivity index (χ0v) is 10.7. The van der Waals surface area contributed by atoms with Crippen molar-refractivity contribution in [2.45, 2.75) is 70.8 Å². The van der Waals surface area contributed by atoms with Gasteiger partial charge in [0.2, 0.25) is 0 Å². The molecule has 0 aromatic carbocycles. The zero-order valence-electron chi connectivity index (χ0n) is 10.7. The van der Waals surface area contributed by atoms with E-state index in [0.29, 0.717) is 19.3 Å². The number of nitrogens with zero attached hydrogens (tertiary/aromatic N) is 1. The second-order valence-electron chi connectivity index (χ2n) is 4.26. The maximum absolute atomic E-state index is 10.5. The van der Waals surface area contributed by atoms with E-state index in [9.17, 15) is 4.79 Å². The number of carboxylic acid groups (broad SMARTS) is 1. The first kappa shape index (κ1) is 15.8. The summed E-state index contributed by atoms with van der Waals surface area (Å²) in [4.78, 5) is 10.5. The smallest absolute Gasteiger partial charge is 0.450 e. The molecule has 0 spiro atoms. The molecule has 4 nitrogen and oxygen atoms in total. The summed E-state index contributed by atoms with van der Waals surface area (Å²) >= 11 is 0. The molecule has 1 N–H and O–H groups in total. The predicted molar refractivity (Wildman–Crippen MR) is 65.7 cm³/mol. The average molecular weight is 241 g/mol. The molecule has 1 atom stereocenters. The van der Waals surface area contributed by atoms with Crippen molar-refractivity contribution in [1.29, 1.82) is 5.26 Å². The zero-order chi connectivity index (χ0) is 12.9. The lowest BCUT2D eigenvalue weighted by Crippen LogP contribution is -2.16. The third kappa shape index (κ3) is 11.0. The van der Waals surface area contributed by atoms with Crippen LogP contribution in [-0.2, 0) is 4.74 Å². The molecule has 0 saturated carbocycles. The molecule has 98 valence electrons. The topological polar surface area (TPSA) is 70.3 Å². The van der Waals surface area contributed by atoms with Crippen LogP contribution in [0.5, 0.6) is 0 Å². The molecule has 0 fully saturated rings. The van der Waals surface area contributed by atoms with Gasteiger partial charge in [-0.3, -0.25) is 0 Å². The van der Waals surface area contributed by atoms with Crippen LogP contribution in [0.15, 0.2) is 0 Å². The molecule has 0 aromatic heterocycles. The molecule has 0 rings (SSSR count). The van der Waals surface area contributed by atoms with Crippen molar-refractivity contribution in [1.82, 2.24) is 0 Å². The highest BCUT2D eigenvalue weighted by molar-refractivity contribution is 5.57. The van der Waals surface area contributed by atoms with Gasteiger partial charge >= 0.3 is 6.16 Å². The highest BCUT2D eigenvalue weighted by Gasteiger charge is 2.12. The molecule has 0 amide bonds. The number of hydrogen-bond donors (Lipinski definition) is 1. The van der Waals surface area contributed by atoms with Crippen LogP contribution in [0.3, 0.4) is 0 Å². The quantitative estimate of drug-likeness (QED) is 0.461. The van der Waals surface area contributed by atoms with Crippen molar-refractivity contribution < 1.29 is 14.6 Å². The van der Waals surface area contributed by atoms with Gasteiger partial charge in [0.1, 0.15) is 6.10 Å². The minimum Gasteiger partial charge on any atom is -0.450 e. The Morgan fingerprint density at radius 1 is 1.24 bits per heavy atom. The Bertz CT molecular complexity index is 235. The third-order valence-corrected chi connectivity index (χ3v) is 2.71. The van der Waals surface area contributed by atoms with Crippen LogP contribution in [0, 0.1) is 11.3 Å². The SMILES string of the molecule is CCCCCCCC(CCCC#N)OC(=O)O. The highest BCUT2D eigenvalue weighted by atomic mass is 16.7.